The van der Waals surface area contributed by atoms with Crippen molar-refractivity contribution in [2.24, 2.45) is 5.92 Å². The quantitative estimate of drug-likeness (QED) is 0.700. The number of hydrogen-bond acceptors (Lipinski definition) is 5. The zero-order valence-corrected chi connectivity index (χ0v) is 15.8. The lowest BCUT2D eigenvalue weighted by Gasteiger charge is -2.24. The zero-order chi connectivity index (χ0) is 19.1. The van der Waals surface area contributed by atoms with Gasteiger partial charge in [0.2, 0.25) is 0 Å². The van der Waals surface area contributed by atoms with Crippen LogP contribution in [0.2, 0.25) is 0 Å². The first kappa shape index (κ1) is 17.1. The van der Waals surface area contributed by atoms with E-state index in [1.54, 1.807) is 12.4 Å². The molecule has 1 saturated heterocycles. The topological polar surface area (TPSA) is 72.1 Å². The van der Waals surface area contributed by atoms with Gasteiger partial charge in [-0.1, -0.05) is 29.8 Å². The highest BCUT2D eigenvalue weighted by molar-refractivity contribution is 5.94. The average Bonchev–Trinajstić information content (AvgIpc) is 3.42. The molecule has 2 fully saturated rings. The number of likely N-dealkylation sites (tertiary alicyclic amines) is 1. The van der Waals surface area contributed by atoms with Gasteiger partial charge in [0.05, 0.1) is 11.0 Å². The molecule has 0 bridgehead atoms. The van der Waals surface area contributed by atoms with Crippen LogP contribution < -0.4 is 0 Å². The van der Waals surface area contributed by atoms with Gasteiger partial charge in [0, 0.05) is 31.0 Å². The number of nitrogens with zero attached hydrogens (tertiary/aromatic N) is 4. The van der Waals surface area contributed by atoms with Crippen molar-refractivity contribution in [3.63, 3.8) is 0 Å². The summed E-state index contributed by atoms with van der Waals surface area (Å²) in [6, 6.07) is 11.7. The molecule has 0 N–H and O–H groups in total. The van der Waals surface area contributed by atoms with E-state index in [0.29, 0.717) is 23.9 Å². The van der Waals surface area contributed by atoms with Gasteiger partial charge in [-0.25, -0.2) is 0 Å². The van der Waals surface area contributed by atoms with Gasteiger partial charge in [-0.3, -0.25) is 9.78 Å². The summed E-state index contributed by atoms with van der Waals surface area (Å²) in [5.41, 5.74) is 2.35. The third-order valence-corrected chi connectivity index (χ3v) is 6.17. The van der Waals surface area contributed by atoms with Crippen molar-refractivity contribution in [2.75, 3.05) is 13.1 Å². The largest absolute Gasteiger partial charge is 0.337 e. The smallest absolute Gasteiger partial charge is 0.257 e. The average molecular weight is 374 g/mol. The number of rotatable bonds is 3. The maximum Gasteiger partial charge on any atom is 0.257 e. The normalized spacial score (nSPS) is 23.8. The van der Waals surface area contributed by atoms with E-state index in [1.165, 1.54) is 0 Å². The lowest BCUT2D eigenvalue weighted by molar-refractivity contribution is 0.0776. The third kappa shape index (κ3) is 2.71. The molecule has 0 radical (unpaired) electrons. The number of amides is 1. The van der Waals surface area contributed by atoms with Crippen LogP contribution in [0.15, 0.2) is 53.3 Å². The Morgan fingerprint density at radius 1 is 1.25 bits per heavy atom. The predicted molar refractivity (Wildman–Crippen MR) is 104 cm³/mol. The monoisotopic (exact) mass is 374 g/mol. The van der Waals surface area contributed by atoms with Crippen LogP contribution in [0.25, 0.3) is 11.5 Å². The summed E-state index contributed by atoms with van der Waals surface area (Å²) in [5.74, 6) is 1.70. The molecular formula is C22H22N4O2. The summed E-state index contributed by atoms with van der Waals surface area (Å²) >= 11 is 0. The van der Waals surface area contributed by atoms with Crippen molar-refractivity contribution < 1.29 is 9.32 Å². The highest BCUT2D eigenvalue weighted by Gasteiger charge is 2.54. The minimum atomic E-state index is -0.205. The molecule has 3 aromatic rings. The summed E-state index contributed by atoms with van der Waals surface area (Å²) in [4.78, 5) is 23.9. The first-order valence-electron chi connectivity index (χ1n) is 9.76. The summed E-state index contributed by atoms with van der Waals surface area (Å²) in [7, 11) is 0. The van der Waals surface area contributed by atoms with Crippen LogP contribution in [-0.4, -0.2) is 39.0 Å². The molecule has 6 heteroatoms. The van der Waals surface area contributed by atoms with Gasteiger partial charge in [-0.15, -0.1) is 0 Å². The highest BCUT2D eigenvalue weighted by atomic mass is 16.5. The number of hydrogen-bond donors (Lipinski definition) is 0. The van der Waals surface area contributed by atoms with Gasteiger partial charge in [-0.2, -0.15) is 4.98 Å². The second-order valence-electron chi connectivity index (χ2n) is 7.97. The Morgan fingerprint density at radius 2 is 2.11 bits per heavy atom. The standard InChI is InChI=1S/C22H22N4O2/c1-15-10-17(12-23-11-15)20(27)26-13-18-8-5-9-22(18,14-26)21-24-19(28-25-21)16-6-3-2-4-7-16/h2-4,6-7,10-12,18H,5,8-9,13-14H2,1H3/t18-,22-/m1/s1. The molecule has 1 amide bonds. The van der Waals surface area contributed by atoms with Crippen molar-refractivity contribution in [1.82, 2.24) is 20.0 Å². The molecular weight excluding hydrogens is 352 g/mol. The first-order valence-corrected chi connectivity index (χ1v) is 9.76. The van der Waals surface area contributed by atoms with Crippen LogP contribution in [0.4, 0.5) is 0 Å². The molecule has 1 aliphatic carbocycles. The van der Waals surface area contributed by atoms with Crippen LogP contribution in [0.1, 0.15) is 41.0 Å². The second-order valence-corrected chi connectivity index (χ2v) is 7.97. The number of aromatic nitrogens is 3. The lowest BCUT2D eigenvalue weighted by Crippen LogP contribution is -2.35. The van der Waals surface area contributed by atoms with Crippen LogP contribution in [0, 0.1) is 12.8 Å². The Hall–Kier alpha value is -3.02. The molecule has 2 atom stereocenters. The van der Waals surface area contributed by atoms with Gasteiger partial charge < -0.3 is 9.42 Å². The van der Waals surface area contributed by atoms with E-state index in [1.807, 2.05) is 48.2 Å². The summed E-state index contributed by atoms with van der Waals surface area (Å²) in [6.45, 7) is 3.33. The minimum absolute atomic E-state index is 0.0387. The number of carbonyl (C=O) groups is 1. The first-order chi connectivity index (χ1) is 13.7. The molecule has 2 aliphatic rings. The number of benzene rings is 1. The number of carbonyl (C=O) groups excluding carboxylic acids is 1. The summed E-state index contributed by atoms with van der Waals surface area (Å²) < 4.78 is 5.59. The Kier molecular flexibility index (Phi) is 4.00. The van der Waals surface area contributed by atoms with Crippen molar-refractivity contribution in [2.45, 2.75) is 31.6 Å². The Morgan fingerprint density at radius 3 is 2.93 bits per heavy atom. The fourth-order valence-electron chi connectivity index (χ4n) is 4.79. The van der Waals surface area contributed by atoms with E-state index < -0.39 is 0 Å². The maximum absolute atomic E-state index is 13.1. The SMILES string of the molecule is Cc1cncc(C(=O)N2C[C@H]3CCC[C@@]3(c3noc(-c4ccccc4)n3)C2)c1. The number of pyridine rings is 1. The fraction of sp³-hybridized carbons (Fsp3) is 0.364. The van der Waals surface area contributed by atoms with Crippen LogP contribution >= 0.6 is 0 Å². The molecule has 1 saturated carbocycles. The fourth-order valence-corrected chi connectivity index (χ4v) is 4.79. The van der Waals surface area contributed by atoms with Crippen LogP contribution in [0.3, 0.4) is 0 Å². The third-order valence-electron chi connectivity index (χ3n) is 6.17. The molecule has 2 aromatic heterocycles. The lowest BCUT2D eigenvalue weighted by atomic mass is 9.80. The van der Waals surface area contributed by atoms with E-state index in [0.717, 1.165) is 42.8 Å². The van der Waals surface area contributed by atoms with Crippen LogP contribution in [-0.2, 0) is 5.41 Å². The Balaban J connectivity index is 1.44. The predicted octanol–water partition coefficient (Wildman–Crippen LogP) is 3.63. The Labute approximate surface area is 163 Å². The molecule has 1 aromatic carbocycles. The van der Waals surface area contributed by atoms with Gasteiger partial charge in [0.1, 0.15) is 0 Å². The van der Waals surface area contributed by atoms with E-state index in [-0.39, 0.29) is 11.3 Å². The molecule has 5 rings (SSSR count). The van der Waals surface area contributed by atoms with E-state index >= 15 is 0 Å². The van der Waals surface area contributed by atoms with Crippen molar-refractivity contribution in [1.29, 1.82) is 0 Å². The Bertz CT molecular complexity index is 1020. The molecule has 0 unspecified atom stereocenters. The summed E-state index contributed by atoms with van der Waals surface area (Å²) in [5, 5.41) is 4.35. The molecule has 0 spiro atoms. The van der Waals surface area contributed by atoms with Crippen molar-refractivity contribution in [3.8, 4) is 11.5 Å². The van der Waals surface area contributed by atoms with Gasteiger partial charge in [0.25, 0.3) is 11.8 Å². The molecule has 6 nitrogen and oxygen atoms in total. The van der Waals surface area contributed by atoms with Crippen LogP contribution in [0.5, 0.6) is 0 Å². The van der Waals surface area contributed by atoms with Crippen molar-refractivity contribution in [3.05, 3.63) is 65.7 Å². The zero-order valence-electron chi connectivity index (χ0n) is 15.8. The second kappa shape index (κ2) is 6.55. The van der Waals surface area contributed by atoms with E-state index in [2.05, 4.69) is 10.1 Å². The molecule has 28 heavy (non-hydrogen) atoms. The summed E-state index contributed by atoms with van der Waals surface area (Å²) in [6.07, 6.45) is 6.62. The van der Waals surface area contributed by atoms with Gasteiger partial charge in [0.15, 0.2) is 5.82 Å². The number of aryl methyl sites for hydroxylation is 1. The van der Waals surface area contributed by atoms with Gasteiger partial charge >= 0.3 is 0 Å². The van der Waals surface area contributed by atoms with Crippen molar-refractivity contribution >= 4 is 5.91 Å². The highest BCUT2D eigenvalue weighted by Crippen LogP contribution is 2.50. The minimum Gasteiger partial charge on any atom is -0.337 e. The van der Waals surface area contributed by atoms with E-state index in [4.69, 9.17) is 9.51 Å². The molecule has 142 valence electrons. The molecule has 3 heterocycles. The maximum atomic E-state index is 13.1. The number of fused-ring (bicyclic) bond motifs is 1. The van der Waals surface area contributed by atoms with Gasteiger partial charge in [-0.05, 0) is 49.4 Å². The molecule has 1 aliphatic heterocycles. The van der Waals surface area contributed by atoms with E-state index in [9.17, 15) is 4.79 Å².